The Balaban J connectivity index is 2.25. The maximum absolute atomic E-state index is 5.56. The zero-order chi connectivity index (χ0) is 9.26. The Labute approximate surface area is 78.3 Å². The monoisotopic (exact) mass is 180 g/mol. The number of oxazole rings is 1. The summed E-state index contributed by atoms with van der Waals surface area (Å²) in [6.45, 7) is 2.66. The first-order valence-electron chi connectivity index (χ1n) is 4.97. The van der Waals surface area contributed by atoms with Crippen LogP contribution in [0, 0.1) is 6.92 Å². The van der Waals surface area contributed by atoms with Gasteiger partial charge in [-0.1, -0.05) is 0 Å². The van der Waals surface area contributed by atoms with E-state index in [1.807, 2.05) is 6.92 Å². The molecule has 1 atom stereocenters. The van der Waals surface area contributed by atoms with Crippen LogP contribution in [-0.4, -0.2) is 11.5 Å². The molecule has 1 unspecified atom stereocenters. The number of nitrogens with two attached hydrogens (primary N) is 1. The van der Waals surface area contributed by atoms with Crippen LogP contribution in [0.25, 0.3) is 0 Å². The Morgan fingerprint density at radius 2 is 2.46 bits per heavy atom. The summed E-state index contributed by atoms with van der Waals surface area (Å²) in [7, 11) is 0. The van der Waals surface area contributed by atoms with E-state index in [0.29, 0.717) is 5.92 Å². The molecule has 1 aromatic rings. The highest BCUT2D eigenvalue weighted by atomic mass is 16.4. The number of fused-ring (bicyclic) bond motifs is 1. The van der Waals surface area contributed by atoms with Crippen molar-refractivity contribution in [2.24, 2.45) is 5.73 Å². The van der Waals surface area contributed by atoms with Crippen LogP contribution in [0.4, 0.5) is 0 Å². The minimum absolute atomic E-state index is 0.547. The van der Waals surface area contributed by atoms with E-state index in [9.17, 15) is 0 Å². The molecule has 0 fully saturated rings. The van der Waals surface area contributed by atoms with Gasteiger partial charge in [-0.2, -0.15) is 0 Å². The molecule has 0 amide bonds. The topological polar surface area (TPSA) is 52.0 Å². The van der Waals surface area contributed by atoms with E-state index in [-0.39, 0.29) is 0 Å². The summed E-state index contributed by atoms with van der Waals surface area (Å²) in [5.74, 6) is 2.45. The molecule has 1 aliphatic rings. The molecule has 1 aliphatic carbocycles. The van der Waals surface area contributed by atoms with Crippen molar-refractivity contribution in [1.82, 2.24) is 4.98 Å². The van der Waals surface area contributed by atoms with Gasteiger partial charge in [0.05, 0.1) is 5.69 Å². The first-order chi connectivity index (χ1) is 6.31. The molecule has 1 heterocycles. The van der Waals surface area contributed by atoms with Crippen LogP contribution in [-0.2, 0) is 6.42 Å². The minimum Gasteiger partial charge on any atom is -0.446 e. The summed E-state index contributed by atoms with van der Waals surface area (Å²) in [5, 5.41) is 0. The quantitative estimate of drug-likeness (QED) is 0.754. The van der Waals surface area contributed by atoms with Crippen LogP contribution in [0.1, 0.15) is 42.5 Å². The Kier molecular flexibility index (Phi) is 2.36. The fourth-order valence-corrected chi connectivity index (χ4v) is 2.11. The third kappa shape index (κ3) is 1.61. The summed E-state index contributed by atoms with van der Waals surface area (Å²) < 4.78 is 5.53. The molecular weight excluding hydrogens is 164 g/mol. The second-order valence-corrected chi connectivity index (χ2v) is 3.71. The van der Waals surface area contributed by atoms with Gasteiger partial charge >= 0.3 is 0 Å². The second kappa shape index (κ2) is 3.50. The Hall–Kier alpha value is -0.830. The zero-order valence-corrected chi connectivity index (χ0v) is 8.05. The van der Waals surface area contributed by atoms with Crippen molar-refractivity contribution in [2.75, 3.05) is 6.54 Å². The van der Waals surface area contributed by atoms with E-state index in [0.717, 1.165) is 31.0 Å². The van der Waals surface area contributed by atoms with Crippen LogP contribution in [0.3, 0.4) is 0 Å². The normalized spacial score (nSPS) is 21.5. The van der Waals surface area contributed by atoms with E-state index in [1.165, 1.54) is 18.5 Å². The van der Waals surface area contributed by atoms with E-state index < -0.39 is 0 Å². The van der Waals surface area contributed by atoms with Gasteiger partial charge < -0.3 is 10.2 Å². The van der Waals surface area contributed by atoms with Crippen molar-refractivity contribution < 1.29 is 4.42 Å². The lowest BCUT2D eigenvalue weighted by Crippen LogP contribution is -2.13. The molecule has 0 saturated heterocycles. The van der Waals surface area contributed by atoms with Crippen LogP contribution < -0.4 is 5.73 Å². The second-order valence-electron chi connectivity index (χ2n) is 3.71. The Bertz CT molecular complexity index is 293. The minimum atomic E-state index is 0.547. The van der Waals surface area contributed by atoms with E-state index in [1.54, 1.807) is 0 Å². The largest absolute Gasteiger partial charge is 0.446 e. The average molecular weight is 180 g/mol. The van der Waals surface area contributed by atoms with E-state index >= 15 is 0 Å². The van der Waals surface area contributed by atoms with Gasteiger partial charge in [0.2, 0.25) is 0 Å². The highest BCUT2D eigenvalue weighted by Crippen LogP contribution is 2.33. The molecule has 0 bridgehead atoms. The predicted octanol–water partition coefficient (Wildman–Crippen LogP) is 1.75. The lowest BCUT2D eigenvalue weighted by molar-refractivity contribution is 0.429. The third-order valence-electron chi connectivity index (χ3n) is 2.69. The van der Waals surface area contributed by atoms with Crippen LogP contribution in [0.15, 0.2) is 4.42 Å². The van der Waals surface area contributed by atoms with Gasteiger partial charge in [-0.25, -0.2) is 4.98 Å². The third-order valence-corrected chi connectivity index (χ3v) is 2.69. The molecule has 1 aromatic heterocycles. The maximum atomic E-state index is 5.56. The summed E-state index contributed by atoms with van der Waals surface area (Å²) in [6.07, 6.45) is 4.53. The molecule has 2 rings (SSSR count). The van der Waals surface area contributed by atoms with Crippen LogP contribution >= 0.6 is 0 Å². The first kappa shape index (κ1) is 8.75. The molecule has 0 saturated carbocycles. The number of rotatable bonds is 2. The summed E-state index contributed by atoms with van der Waals surface area (Å²) in [6, 6.07) is 0. The highest BCUT2D eigenvalue weighted by molar-refractivity contribution is 5.18. The zero-order valence-electron chi connectivity index (χ0n) is 8.05. The predicted molar refractivity (Wildman–Crippen MR) is 50.6 cm³/mol. The maximum Gasteiger partial charge on any atom is 0.191 e. The van der Waals surface area contributed by atoms with Crippen molar-refractivity contribution in [2.45, 2.75) is 38.5 Å². The fraction of sp³-hybridized carbons (Fsp3) is 0.700. The SMILES string of the molecule is Cc1nc2c(o1)CCCC2CCN. The average Bonchev–Trinajstić information content (AvgIpc) is 2.47. The van der Waals surface area contributed by atoms with Crippen molar-refractivity contribution in [3.8, 4) is 0 Å². The standard InChI is InChI=1S/C10H16N2O/c1-7-12-10-8(5-6-11)3-2-4-9(10)13-7/h8H,2-6,11H2,1H3. The van der Waals surface area contributed by atoms with Gasteiger partial charge in [-0.05, 0) is 25.8 Å². The van der Waals surface area contributed by atoms with Crippen molar-refractivity contribution in [1.29, 1.82) is 0 Å². The first-order valence-corrected chi connectivity index (χ1v) is 4.97. The van der Waals surface area contributed by atoms with Gasteiger partial charge in [0.25, 0.3) is 0 Å². The molecule has 0 radical (unpaired) electrons. The van der Waals surface area contributed by atoms with Gasteiger partial charge in [-0.3, -0.25) is 0 Å². The van der Waals surface area contributed by atoms with Crippen molar-refractivity contribution >= 4 is 0 Å². The fourth-order valence-electron chi connectivity index (χ4n) is 2.11. The smallest absolute Gasteiger partial charge is 0.191 e. The summed E-state index contributed by atoms with van der Waals surface area (Å²) >= 11 is 0. The summed E-state index contributed by atoms with van der Waals surface area (Å²) in [5.41, 5.74) is 6.74. The highest BCUT2D eigenvalue weighted by Gasteiger charge is 2.24. The number of aryl methyl sites for hydroxylation is 2. The van der Waals surface area contributed by atoms with Crippen LogP contribution in [0.5, 0.6) is 0 Å². The molecule has 3 nitrogen and oxygen atoms in total. The molecule has 3 heteroatoms. The Morgan fingerprint density at radius 3 is 3.23 bits per heavy atom. The van der Waals surface area contributed by atoms with Crippen molar-refractivity contribution in [3.63, 3.8) is 0 Å². The lowest BCUT2D eigenvalue weighted by Gasteiger charge is -2.18. The van der Waals surface area contributed by atoms with Crippen molar-refractivity contribution in [3.05, 3.63) is 17.3 Å². The number of aromatic nitrogens is 1. The molecule has 13 heavy (non-hydrogen) atoms. The summed E-state index contributed by atoms with van der Waals surface area (Å²) in [4.78, 5) is 4.43. The molecule has 72 valence electrons. The molecular formula is C10H16N2O. The van der Waals surface area contributed by atoms with E-state index in [2.05, 4.69) is 4.98 Å². The number of hydrogen-bond acceptors (Lipinski definition) is 3. The molecule has 0 aromatic carbocycles. The molecule has 2 N–H and O–H groups in total. The van der Waals surface area contributed by atoms with Gasteiger partial charge in [0.1, 0.15) is 5.76 Å². The van der Waals surface area contributed by atoms with Crippen LogP contribution in [0.2, 0.25) is 0 Å². The molecule has 0 spiro atoms. The van der Waals surface area contributed by atoms with Gasteiger partial charge in [-0.15, -0.1) is 0 Å². The van der Waals surface area contributed by atoms with Gasteiger partial charge in [0.15, 0.2) is 5.89 Å². The number of hydrogen-bond donors (Lipinski definition) is 1. The molecule has 0 aliphatic heterocycles. The van der Waals surface area contributed by atoms with Gasteiger partial charge in [0, 0.05) is 19.3 Å². The number of nitrogens with zero attached hydrogens (tertiary/aromatic N) is 1. The van der Waals surface area contributed by atoms with E-state index in [4.69, 9.17) is 10.2 Å². The Morgan fingerprint density at radius 1 is 1.62 bits per heavy atom. The lowest BCUT2D eigenvalue weighted by atomic mass is 9.88.